The van der Waals surface area contributed by atoms with Crippen molar-refractivity contribution in [3.05, 3.63) is 65.7 Å². The van der Waals surface area contributed by atoms with Crippen LogP contribution in [0.25, 0.3) is 0 Å². The van der Waals surface area contributed by atoms with Gasteiger partial charge >= 0.3 is 0 Å². The summed E-state index contributed by atoms with van der Waals surface area (Å²) in [6, 6.07) is 18.5. The van der Waals surface area contributed by atoms with Gasteiger partial charge in [0.2, 0.25) is 0 Å². The first-order chi connectivity index (χ1) is 11.7. The van der Waals surface area contributed by atoms with Crippen molar-refractivity contribution in [3.8, 4) is 5.75 Å². The van der Waals surface area contributed by atoms with E-state index in [1.807, 2.05) is 30.3 Å². The van der Waals surface area contributed by atoms with Crippen molar-refractivity contribution in [2.24, 2.45) is 16.6 Å². The Bertz CT molecular complexity index is 629. The highest BCUT2D eigenvalue weighted by Crippen LogP contribution is 2.14. The van der Waals surface area contributed by atoms with Crippen LogP contribution in [0.3, 0.4) is 0 Å². The molecule has 2 aromatic rings. The molecular formula is C20H28IN3O. The second-order valence-corrected chi connectivity index (χ2v) is 6.05. The summed E-state index contributed by atoms with van der Waals surface area (Å²) in [4.78, 5) is 4.44. The van der Waals surface area contributed by atoms with E-state index in [1.54, 1.807) is 7.11 Å². The molecule has 2 aromatic carbocycles. The van der Waals surface area contributed by atoms with Crippen LogP contribution in [0.15, 0.2) is 59.6 Å². The molecule has 0 aromatic heterocycles. The number of ether oxygens (including phenoxy) is 1. The number of halogens is 1. The average molecular weight is 453 g/mol. The standard InChI is InChI=1S/C20H27N3O.HI/c1-16(14-18-8-10-19(24-2)11-9-18)15-23-20(21)22-13-12-17-6-4-3-5-7-17;/h3-11,16H,12-15H2,1-2H3,(H3,21,22,23);1H. The summed E-state index contributed by atoms with van der Waals surface area (Å²) in [7, 11) is 1.68. The summed E-state index contributed by atoms with van der Waals surface area (Å²) < 4.78 is 5.18. The van der Waals surface area contributed by atoms with E-state index in [1.165, 1.54) is 11.1 Å². The lowest BCUT2D eigenvalue weighted by molar-refractivity contribution is 0.414. The second kappa shape index (κ2) is 11.7. The number of aliphatic imine (C=N–C) groups is 1. The molecule has 0 bridgehead atoms. The molecule has 1 unspecified atom stereocenters. The molecule has 0 amide bonds. The number of methoxy groups -OCH3 is 1. The third-order valence-electron chi connectivity index (χ3n) is 3.88. The highest BCUT2D eigenvalue weighted by Gasteiger charge is 2.04. The summed E-state index contributed by atoms with van der Waals surface area (Å²) in [6.45, 7) is 3.70. The van der Waals surface area contributed by atoms with Gasteiger partial charge in [-0.3, -0.25) is 4.99 Å². The Labute approximate surface area is 167 Å². The minimum absolute atomic E-state index is 0. The van der Waals surface area contributed by atoms with Gasteiger partial charge in [-0.15, -0.1) is 24.0 Å². The zero-order valence-corrected chi connectivity index (χ0v) is 17.3. The molecule has 136 valence electrons. The Morgan fingerprint density at radius 1 is 1.08 bits per heavy atom. The van der Waals surface area contributed by atoms with Gasteiger partial charge in [-0.25, -0.2) is 0 Å². The maximum absolute atomic E-state index is 5.94. The Morgan fingerprint density at radius 3 is 2.40 bits per heavy atom. The van der Waals surface area contributed by atoms with Gasteiger partial charge in [0.05, 0.1) is 7.11 Å². The molecule has 0 spiro atoms. The third kappa shape index (κ3) is 8.25. The highest BCUT2D eigenvalue weighted by atomic mass is 127. The monoisotopic (exact) mass is 453 g/mol. The molecule has 0 fully saturated rings. The van der Waals surface area contributed by atoms with Crippen molar-refractivity contribution in [1.82, 2.24) is 5.32 Å². The summed E-state index contributed by atoms with van der Waals surface area (Å²) in [5.74, 6) is 1.84. The van der Waals surface area contributed by atoms with Gasteiger partial charge in [0, 0.05) is 13.1 Å². The van der Waals surface area contributed by atoms with Gasteiger partial charge in [-0.05, 0) is 42.0 Å². The lowest BCUT2D eigenvalue weighted by atomic mass is 10.0. The zero-order valence-electron chi connectivity index (χ0n) is 14.9. The van der Waals surface area contributed by atoms with E-state index in [0.29, 0.717) is 11.9 Å². The molecule has 0 saturated carbocycles. The first-order valence-corrected chi connectivity index (χ1v) is 8.38. The molecule has 2 rings (SSSR count). The predicted octanol–water partition coefficient (Wildman–Crippen LogP) is 3.64. The molecule has 5 heteroatoms. The third-order valence-corrected chi connectivity index (χ3v) is 3.88. The fourth-order valence-electron chi connectivity index (χ4n) is 2.52. The van der Waals surface area contributed by atoms with Crippen LogP contribution in [0.1, 0.15) is 18.1 Å². The number of rotatable bonds is 8. The van der Waals surface area contributed by atoms with Gasteiger partial charge in [0.1, 0.15) is 5.75 Å². The summed E-state index contributed by atoms with van der Waals surface area (Å²) in [6.07, 6.45) is 1.92. The first kappa shape index (κ1) is 21.3. The Kier molecular flexibility index (Phi) is 9.99. The van der Waals surface area contributed by atoms with E-state index in [9.17, 15) is 0 Å². The maximum atomic E-state index is 5.94. The number of hydrogen-bond acceptors (Lipinski definition) is 2. The molecule has 25 heavy (non-hydrogen) atoms. The molecule has 0 aliphatic rings. The molecule has 0 radical (unpaired) electrons. The van der Waals surface area contributed by atoms with Crippen LogP contribution in [-0.4, -0.2) is 26.2 Å². The summed E-state index contributed by atoms with van der Waals surface area (Å²) in [5, 5.41) is 3.18. The Morgan fingerprint density at radius 2 is 1.76 bits per heavy atom. The molecule has 0 aliphatic heterocycles. The fourth-order valence-corrected chi connectivity index (χ4v) is 2.52. The van der Waals surface area contributed by atoms with Gasteiger partial charge < -0.3 is 15.8 Å². The van der Waals surface area contributed by atoms with Gasteiger partial charge in [0.25, 0.3) is 0 Å². The molecule has 3 N–H and O–H groups in total. The zero-order chi connectivity index (χ0) is 17.2. The van der Waals surface area contributed by atoms with Crippen molar-refractivity contribution in [2.45, 2.75) is 19.8 Å². The highest BCUT2D eigenvalue weighted by molar-refractivity contribution is 14.0. The van der Waals surface area contributed by atoms with E-state index in [2.05, 4.69) is 41.5 Å². The number of nitrogens with two attached hydrogens (primary N) is 1. The number of nitrogens with zero attached hydrogens (tertiary/aromatic N) is 1. The van der Waals surface area contributed by atoms with Crippen LogP contribution in [0.4, 0.5) is 0 Å². The van der Waals surface area contributed by atoms with Crippen LogP contribution >= 0.6 is 24.0 Å². The SMILES string of the molecule is COc1ccc(CC(C)CN=C(N)NCCc2ccccc2)cc1.I. The number of hydrogen-bond donors (Lipinski definition) is 2. The van der Waals surface area contributed by atoms with Crippen molar-refractivity contribution >= 4 is 29.9 Å². The van der Waals surface area contributed by atoms with Crippen LogP contribution in [-0.2, 0) is 12.8 Å². The predicted molar refractivity (Wildman–Crippen MR) is 116 cm³/mol. The van der Waals surface area contributed by atoms with E-state index < -0.39 is 0 Å². The number of nitrogens with one attached hydrogen (secondary N) is 1. The summed E-state index contributed by atoms with van der Waals surface area (Å²) >= 11 is 0. The molecule has 1 atom stereocenters. The minimum Gasteiger partial charge on any atom is -0.497 e. The van der Waals surface area contributed by atoms with Crippen LogP contribution < -0.4 is 15.8 Å². The molecule has 0 aliphatic carbocycles. The summed E-state index contributed by atoms with van der Waals surface area (Å²) in [5.41, 5.74) is 8.52. The maximum Gasteiger partial charge on any atom is 0.188 e. The van der Waals surface area contributed by atoms with Crippen molar-refractivity contribution in [1.29, 1.82) is 0 Å². The van der Waals surface area contributed by atoms with Gasteiger partial charge in [-0.2, -0.15) is 0 Å². The molecule has 4 nitrogen and oxygen atoms in total. The topological polar surface area (TPSA) is 59.6 Å². The first-order valence-electron chi connectivity index (χ1n) is 8.38. The fraction of sp³-hybridized carbons (Fsp3) is 0.350. The molecule has 0 saturated heterocycles. The second-order valence-electron chi connectivity index (χ2n) is 6.05. The number of benzene rings is 2. The van der Waals surface area contributed by atoms with E-state index in [0.717, 1.165) is 31.7 Å². The van der Waals surface area contributed by atoms with E-state index in [-0.39, 0.29) is 24.0 Å². The normalized spacial score (nSPS) is 12.2. The van der Waals surface area contributed by atoms with Crippen LogP contribution in [0.5, 0.6) is 5.75 Å². The van der Waals surface area contributed by atoms with Crippen molar-refractivity contribution in [2.75, 3.05) is 20.2 Å². The van der Waals surface area contributed by atoms with E-state index in [4.69, 9.17) is 10.5 Å². The Balaban J connectivity index is 0.00000312. The number of guanidine groups is 1. The Hall–Kier alpha value is -1.76. The largest absolute Gasteiger partial charge is 0.497 e. The van der Waals surface area contributed by atoms with Crippen LogP contribution in [0.2, 0.25) is 0 Å². The van der Waals surface area contributed by atoms with E-state index >= 15 is 0 Å². The van der Waals surface area contributed by atoms with Crippen molar-refractivity contribution in [3.63, 3.8) is 0 Å². The minimum atomic E-state index is 0. The van der Waals surface area contributed by atoms with Gasteiger partial charge in [0.15, 0.2) is 5.96 Å². The lowest BCUT2D eigenvalue weighted by Gasteiger charge is -2.11. The molecule has 0 heterocycles. The lowest BCUT2D eigenvalue weighted by Crippen LogP contribution is -2.33. The quantitative estimate of drug-likeness (QED) is 0.365. The molecular weight excluding hydrogens is 425 g/mol. The van der Waals surface area contributed by atoms with Crippen molar-refractivity contribution < 1.29 is 4.74 Å². The van der Waals surface area contributed by atoms with Crippen LogP contribution in [0, 0.1) is 5.92 Å². The average Bonchev–Trinajstić information content (AvgIpc) is 2.61. The smallest absolute Gasteiger partial charge is 0.188 e. The van der Waals surface area contributed by atoms with Gasteiger partial charge in [-0.1, -0.05) is 49.4 Å².